The third kappa shape index (κ3) is 4.90. The second kappa shape index (κ2) is 9.86. The molecule has 2 aromatic carbocycles. The lowest BCUT2D eigenvalue weighted by molar-refractivity contribution is -0.133. The van der Waals surface area contributed by atoms with Crippen LogP contribution in [0.3, 0.4) is 0 Å². The van der Waals surface area contributed by atoms with Gasteiger partial charge in [-0.05, 0) is 60.2 Å². The number of carbonyl (C=O) groups is 2. The first-order valence-electron chi connectivity index (χ1n) is 11.2. The van der Waals surface area contributed by atoms with E-state index in [9.17, 15) is 9.59 Å². The minimum atomic E-state index is -0.660. The highest BCUT2D eigenvalue weighted by atomic mass is 16.5. The fourth-order valence-corrected chi connectivity index (χ4v) is 4.64. The Bertz CT molecular complexity index is 1100. The lowest BCUT2D eigenvalue weighted by Gasteiger charge is -2.41. The Morgan fingerprint density at radius 3 is 2.36 bits per heavy atom. The summed E-state index contributed by atoms with van der Waals surface area (Å²) in [5.41, 5.74) is 3.18. The van der Waals surface area contributed by atoms with Crippen molar-refractivity contribution in [2.75, 3.05) is 27.2 Å². The number of nitrogens with one attached hydrogen (secondary N) is 1. The highest BCUT2D eigenvalue weighted by molar-refractivity contribution is 5.94. The molecule has 6 nitrogen and oxygen atoms in total. The van der Waals surface area contributed by atoms with Gasteiger partial charge in [-0.1, -0.05) is 36.4 Å². The van der Waals surface area contributed by atoms with Crippen molar-refractivity contribution in [3.63, 3.8) is 0 Å². The highest BCUT2D eigenvalue weighted by Crippen LogP contribution is 2.35. The van der Waals surface area contributed by atoms with Crippen LogP contribution in [0.2, 0.25) is 0 Å². The number of nitrogens with zero attached hydrogens (tertiary/aromatic N) is 2. The summed E-state index contributed by atoms with van der Waals surface area (Å²) in [6.45, 7) is 1.03. The first kappa shape index (κ1) is 22.5. The zero-order valence-corrected chi connectivity index (χ0v) is 19.1. The maximum atomic E-state index is 13.1. The summed E-state index contributed by atoms with van der Waals surface area (Å²) in [5.74, 6) is 0.724. The molecular formula is C27H29N3O3. The SMILES string of the molecule is CNC(=O)[C@]1(Cc2ccc(-c3ccc(OC)cc3)cc2)CCCN(C(=O)c2cccnc2)C1. The first-order chi connectivity index (χ1) is 16.0. The molecule has 3 aromatic rings. The molecular weight excluding hydrogens is 414 g/mol. The molecule has 0 unspecified atom stereocenters. The van der Waals surface area contributed by atoms with Crippen LogP contribution in [0, 0.1) is 5.41 Å². The Morgan fingerprint density at radius 1 is 1.06 bits per heavy atom. The van der Waals surface area contributed by atoms with Gasteiger partial charge in [0.05, 0.1) is 18.1 Å². The van der Waals surface area contributed by atoms with Crippen LogP contribution in [0.5, 0.6) is 5.75 Å². The zero-order valence-electron chi connectivity index (χ0n) is 19.1. The van der Waals surface area contributed by atoms with Crippen LogP contribution in [0.4, 0.5) is 0 Å². The molecule has 1 fully saturated rings. The number of piperidine rings is 1. The molecule has 0 bridgehead atoms. The van der Waals surface area contributed by atoms with E-state index in [4.69, 9.17) is 4.74 Å². The summed E-state index contributed by atoms with van der Waals surface area (Å²) in [6, 6.07) is 19.8. The molecule has 0 radical (unpaired) electrons. The molecule has 170 valence electrons. The van der Waals surface area contributed by atoms with Gasteiger partial charge in [-0.3, -0.25) is 14.6 Å². The number of likely N-dealkylation sites (tertiary alicyclic amines) is 1. The van der Waals surface area contributed by atoms with E-state index in [0.29, 0.717) is 25.1 Å². The number of benzene rings is 2. The van der Waals surface area contributed by atoms with Crippen molar-refractivity contribution in [1.82, 2.24) is 15.2 Å². The summed E-state index contributed by atoms with van der Waals surface area (Å²) in [7, 11) is 3.32. The van der Waals surface area contributed by atoms with Gasteiger partial charge in [-0.2, -0.15) is 0 Å². The molecule has 33 heavy (non-hydrogen) atoms. The van der Waals surface area contributed by atoms with E-state index in [0.717, 1.165) is 35.3 Å². The summed E-state index contributed by atoms with van der Waals surface area (Å²) in [4.78, 5) is 32.0. The summed E-state index contributed by atoms with van der Waals surface area (Å²) < 4.78 is 5.24. The number of rotatable bonds is 6. The maximum absolute atomic E-state index is 13.1. The van der Waals surface area contributed by atoms with Crippen LogP contribution in [0.15, 0.2) is 73.1 Å². The molecule has 0 saturated carbocycles. The van der Waals surface area contributed by atoms with Crippen molar-refractivity contribution in [1.29, 1.82) is 0 Å². The Balaban J connectivity index is 1.54. The second-order valence-corrected chi connectivity index (χ2v) is 8.53. The van der Waals surface area contributed by atoms with Crippen LogP contribution in [-0.2, 0) is 11.2 Å². The fourth-order valence-electron chi connectivity index (χ4n) is 4.64. The quantitative estimate of drug-likeness (QED) is 0.626. The largest absolute Gasteiger partial charge is 0.497 e. The number of carbonyl (C=O) groups excluding carboxylic acids is 2. The molecule has 1 N–H and O–H groups in total. The number of ether oxygens (including phenoxy) is 1. The molecule has 6 heteroatoms. The number of hydrogen-bond donors (Lipinski definition) is 1. The topological polar surface area (TPSA) is 71.5 Å². The number of aromatic nitrogens is 1. The van der Waals surface area contributed by atoms with E-state index in [1.807, 2.05) is 24.3 Å². The van der Waals surface area contributed by atoms with Crippen LogP contribution in [0.25, 0.3) is 11.1 Å². The average Bonchev–Trinajstić information content (AvgIpc) is 2.89. The van der Waals surface area contributed by atoms with Gasteiger partial charge in [0.25, 0.3) is 5.91 Å². The molecule has 2 heterocycles. The lowest BCUT2D eigenvalue weighted by atomic mass is 9.74. The van der Waals surface area contributed by atoms with E-state index < -0.39 is 5.41 Å². The summed E-state index contributed by atoms with van der Waals surface area (Å²) >= 11 is 0. The smallest absolute Gasteiger partial charge is 0.255 e. The zero-order chi connectivity index (χ0) is 23.3. The van der Waals surface area contributed by atoms with Crippen molar-refractivity contribution in [3.05, 3.63) is 84.2 Å². The van der Waals surface area contributed by atoms with Crippen molar-refractivity contribution in [2.45, 2.75) is 19.3 Å². The molecule has 2 amide bonds. The van der Waals surface area contributed by atoms with E-state index in [1.54, 1.807) is 43.6 Å². The molecule has 1 atom stereocenters. The van der Waals surface area contributed by atoms with E-state index in [1.165, 1.54) is 0 Å². The predicted molar refractivity (Wildman–Crippen MR) is 128 cm³/mol. The fraction of sp³-hybridized carbons (Fsp3) is 0.296. The van der Waals surface area contributed by atoms with E-state index in [2.05, 4.69) is 34.6 Å². The van der Waals surface area contributed by atoms with Crippen LogP contribution in [0.1, 0.15) is 28.8 Å². The minimum Gasteiger partial charge on any atom is -0.497 e. The monoisotopic (exact) mass is 443 g/mol. The average molecular weight is 444 g/mol. The molecule has 1 aliphatic heterocycles. The highest BCUT2D eigenvalue weighted by Gasteiger charge is 2.43. The van der Waals surface area contributed by atoms with Gasteiger partial charge in [0, 0.05) is 32.5 Å². The van der Waals surface area contributed by atoms with Gasteiger partial charge >= 0.3 is 0 Å². The van der Waals surface area contributed by atoms with Gasteiger partial charge in [0.15, 0.2) is 0 Å². The van der Waals surface area contributed by atoms with Crippen LogP contribution < -0.4 is 10.1 Å². The molecule has 0 spiro atoms. The summed E-state index contributed by atoms with van der Waals surface area (Å²) in [6.07, 6.45) is 5.33. The van der Waals surface area contributed by atoms with Crippen LogP contribution >= 0.6 is 0 Å². The number of methoxy groups -OCH3 is 1. The van der Waals surface area contributed by atoms with Gasteiger partial charge < -0.3 is 15.0 Å². The maximum Gasteiger partial charge on any atom is 0.255 e. The Morgan fingerprint density at radius 2 is 1.76 bits per heavy atom. The second-order valence-electron chi connectivity index (χ2n) is 8.53. The Kier molecular flexibility index (Phi) is 6.73. The minimum absolute atomic E-state index is 0.0228. The van der Waals surface area contributed by atoms with Gasteiger partial charge in [-0.25, -0.2) is 0 Å². The predicted octanol–water partition coefficient (Wildman–Crippen LogP) is 3.97. The number of pyridine rings is 1. The van der Waals surface area contributed by atoms with E-state index in [-0.39, 0.29) is 11.8 Å². The van der Waals surface area contributed by atoms with Crippen molar-refractivity contribution < 1.29 is 14.3 Å². The Hall–Kier alpha value is -3.67. The Labute approximate surface area is 194 Å². The lowest BCUT2D eigenvalue weighted by Crippen LogP contribution is -2.54. The summed E-state index contributed by atoms with van der Waals surface area (Å²) in [5, 5.41) is 2.84. The number of hydrogen-bond acceptors (Lipinski definition) is 4. The van der Waals surface area contributed by atoms with Gasteiger partial charge in [0.1, 0.15) is 5.75 Å². The molecule has 4 rings (SSSR count). The number of amides is 2. The molecule has 1 aromatic heterocycles. The van der Waals surface area contributed by atoms with Crippen LogP contribution in [-0.4, -0.2) is 48.9 Å². The third-order valence-corrected chi connectivity index (χ3v) is 6.40. The molecule has 1 aliphatic rings. The van der Waals surface area contributed by atoms with Gasteiger partial charge in [-0.15, -0.1) is 0 Å². The normalized spacial score (nSPS) is 17.9. The van der Waals surface area contributed by atoms with Crippen molar-refractivity contribution in [2.24, 2.45) is 5.41 Å². The molecule has 1 saturated heterocycles. The third-order valence-electron chi connectivity index (χ3n) is 6.40. The van der Waals surface area contributed by atoms with Crippen molar-refractivity contribution in [3.8, 4) is 16.9 Å². The standard InChI is InChI=1S/C27H29N3O3/c1-28-26(32)27(14-4-16-30(19-27)25(31)23-5-3-15-29-18-23)17-20-6-8-21(9-7-20)22-10-12-24(33-2)13-11-22/h3,5-13,15,18H,4,14,16-17,19H2,1-2H3,(H,28,32)/t27-/m0/s1. The van der Waals surface area contributed by atoms with E-state index >= 15 is 0 Å². The van der Waals surface area contributed by atoms with Gasteiger partial charge in [0.2, 0.25) is 5.91 Å². The molecule has 0 aliphatic carbocycles. The first-order valence-corrected chi connectivity index (χ1v) is 11.2. The van der Waals surface area contributed by atoms with Crippen molar-refractivity contribution >= 4 is 11.8 Å².